The van der Waals surface area contributed by atoms with Gasteiger partial charge in [-0.2, -0.15) is 0 Å². The molecular formula is C17H20N2O5S2. The Labute approximate surface area is 156 Å². The molecule has 0 fully saturated rings. The zero-order valence-corrected chi connectivity index (χ0v) is 15.8. The highest BCUT2D eigenvalue weighted by Gasteiger charge is 2.17. The summed E-state index contributed by atoms with van der Waals surface area (Å²) in [4.78, 5) is 24.4. The van der Waals surface area contributed by atoms with Gasteiger partial charge in [0.25, 0.3) is 10.0 Å². The number of carboxylic acids is 1. The van der Waals surface area contributed by atoms with Crippen molar-refractivity contribution < 1.29 is 23.1 Å². The Morgan fingerprint density at radius 3 is 2.42 bits per heavy atom. The Bertz CT molecular complexity index is 846. The maximum atomic E-state index is 12.3. The van der Waals surface area contributed by atoms with Gasteiger partial charge in [0, 0.05) is 12.2 Å². The Balaban J connectivity index is 2.02. The molecule has 2 aromatic rings. The van der Waals surface area contributed by atoms with Gasteiger partial charge in [0.15, 0.2) is 0 Å². The Morgan fingerprint density at radius 1 is 1.19 bits per heavy atom. The average molecular weight is 396 g/mol. The molecule has 0 unspecified atom stereocenters. The SMILES string of the molecule is CCCN(CC(=O)O)C(=O)Cc1ccc(NS(=O)(=O)c2cccs2)cc1. The molecule has 0 bridgehead atoms. The summed E-state index contributed by atoms with van der Waals surface area (Å²) in [7, 11) is -3.61. The molecule has 1 aromatic heterocycles. The number of rotatable bonds is 9. The lowest BCUT2D eigenvalue weighted by Gasteiger charge is -2.20. The zero-order chi connectivity index (χ0) is 19.2. The van der Waals surface area contributed by atoms with Crippen molar-refractivity contribution in [3.63, 3.8) is 0 Å². The number of nitrogens with zero attached hydrogens (tertiary/aromatic N) is 1. The van der Waals surface area contributed by atoms with Crippen molar-refractivity contribution >= 4 is 38.9 Å². The number of hydrogen-bond donors (Lipinski definition) is 2. The lowest BCUT2D eigenvalue weighted by atomic mass is 10.1. The van der Waals surface area contributed by atoms with Crippen LogP contribution in [0.4, 0.5) is 5.69 Å². The van der Waals surface area contributed by atoms with Gasteiger partial charge in [-0.3, -0.25) is 14.3 Å². The Morgan fingerprint density at radius 2 is 1.88 bits per heavy atom. The van der Waals surface area contributed by atoms with E-state index < -0.39 is 16.0 Å². The summed E-state index contributed by atoms with van der Waals surface area (Å²) in [6.45, 7) is 1.92. The third kappa shape index (κ3) is 5.57. The van der Waals surface area contributed by atoms with Crippen LogP contribution in [-0.2, 0) is 26.0 Å². The van der Waals surface area contributed by atoms with E-state index in [1.807, 2.05) is 6.92 Å². The summed E-state index contributed by atoms with van der Waals surface area (Å²) in [5.74, 6) is -1.33. The van der Waals surface area contributed by atoms with E-state index in [2.05, 4.69) is 4.72 Å². The first-order valence-corrected chi connectivity index (χ1v) is 10.3. The molecule has 26 heavy (non-hydrogen) atoms. The number of anilines is 1. The van der Waals surface area contributed by atoms with E-state index in [4.69, 9.17) is 5.11 Å². The molecule has 0 spiro atoms. The number of carboxylic acid groups (broad SMARTS) is 1. The van der Waals surface area contributed by atoms with Crippen LogP contribution in [0, 0.1) is 0 Å². The van der Waals surface area contributed by atoms with E-state index in [-0.39, 0.29) is 23.1 Å². The molecule has 0 aliphatic rings. The molecule has 0 atom stereocenters. The van der Waals surface area contributed by atoms with Gasteiger partial charge >= 0.3 is 5.97 Å². The largest absolute Gasteiger partial charge is 0.480 e. The van der Waals surface area contributed by atoms with Gasteiger partial charge in [-0.25, -0.2) is 8.42 Å². The first-order chi connectivity index (χ1) is 12.3. The predicted molar refractivity (Wildman–Crippen MR) is 99.8 cm³/mol. The lowest BCUT2D eigenvalue weighted by Crippen LogP contribution is -2.37. The summed E-state index contributed by atoms with van der Waals surface area (Å²) >= 11 is 1.12. The van der Waals surface area contributed by atoms with Gasteiger partial charge in [0.05, 0.1) is 6.42 Å². The molecule has 0 saturated heterocycles. The van der Waals surface area contributed by atoms with Gasteiger partial charge in [0.2, 0.25) is 5.91 Å². The normalized spacial score (nSPS) is 11.1. The average Bonchev–Trinajstić information content (AvgIpc) is 3.11. The summed E-state index contributed by atoms with van der Waals surface area (Å²) in [5, 5.41) is 10.6. The van der Waals surface area contributed by atoms with Crippen LogP contribution in [0.2, 0.25) is 0 Å². The molecular weight excluding hydrogens is 376 g/mol. The van der Waals surface area contributed by atoms with Crippen LogP contribution >= 0.6 is 11.3 Å². The van der Waals surface area contributed by atoms with E-state index in [9.17, 15) is 18.0 Å². The molecule has 0 radical (unpaired) electrons. The van der Waals surface area contributed by atoms with Crippen molar-refractivity contribution in [3.8, 4) is 0 Å². The highest BCUT2D eigenvalue weighted by Crippen LogP contribution is 2.20. The van der Waals surface area contributed by atoms with Gasteiger partial charge in [-0.15, -0.1) is 11.3 Å². The van der Waals surface area contributed by atoms with E-state index in [0.717, 1.165) is 11.3 Å². The molecule has 140 valence electrons. The topological polar surface area (TPSA) is 104 Å². The molecule has 1 heterocycles. The van der Waals surface area contributed by atoms with Crippen molar-refractivity contribution in [2.75, 3.05) is 17.8 Å². The van der Waals surface area contributed by atoms with Crippen molar-refractivity contribution in [1.82, 2.24) is 4.90 Å². The monoisotopic (exact) mass is 396 g/mol. The number of hydrogen-bond acceptors (Lipinski definition) is 5. The minimum Gasteiger partial charge on any atom is -0.480 e. The number of sulfonamides is 1. The second kappa shape index (κ2) is 8.81. The molecule has 2 rings (SSSR count). The molecule has 0 saturated carbocycles. The highest BCUT2D eigenvalue weighted by molar-refractivity contribution is 7.94. The minimum atomic E-state index is -3.61. The van der Waals surface area contributed by atoms with Gasteiger partial charge < -0.3 is 10.0 Å². The number of benzene rings is 1. The van der Waals surface area contributed by atoms with Crippen LogP contribution in [0.5, 0.6) is 0 Å². The maximum Gasteiger partial charge on any atom is 0.323 e. The number of nitrogens with one attached hydrogen (secondary N) is 1. The van der Waals surface area contributed by atoms with E-state index in [0.29, 0.717) is 24.2 Å². The smallest absolute Gasteiger partial charge is 0.323 e. The standard InChI is InChI=1S/C17H20N2O5S2/c1-2-9-19(12-16(21)22)15(20)11-13-5-7-14(8-6-13)18-26(23,24)17-4-3-10-25-17/h3-8,10,18H,2,9,11-12H2,1H3,(H,21,22). The fraction of sp³-hybridized carbons (Fsp3) is 0.294. The van der Waals surface area contributed by atoms with Gasteiger partial charge in [-0.1, -0.05) is 25.1 Å². The first-order valence-electron chi connectivity index (χ1n) is 7.96. The molecule has 0 aliphatic carbocycles. The second-order valence-electron chi connectivity index (χ2n) is 5.62. The number of carbonyl (C=O) groups is 2. The van der Waals surface area contributed by atoms with Crippen LogP contribution in [0.15, 0.2) is 46.0 Å². The Hall–Kier alpha value is -2.39. The van der Waals surface area contributed by atoms with Crippen molar-refractivity contribution in [3.05, 3.63) is 47.3 Å². The second-order valence-corrected chi connectivity index (χ2v) is 8.48. The van der Waals surface area contributed by atoms with Gasteiger partial charge in [-0.05, 0) is 35.6 Å². The molecule has 2 N–H and O–H groups in total. The minimum absolute atomic E-state index is 0.0607. The first kappa shape index (κ1) is 19.9. The summed E-state index contributed by atoms with van der Waals surface area (Å²) in [5.41, 5.74) is 1.08. The van der Waals surface area contributed by atoms with Crippen LogP contribution in [-0.4, -0.2) is 43.4 Å². The fourth-order valence-corrected chi connectivity index (χ4v) is 4.38. The third-order valence-electron chi connectivity index (χ3n) is 3.49. The predicted octanol–water partition coefficient (Wildman–Crippen LogP) is 2.41. The van der Waals surface area contributed by atoms with Gasteiger partial charge in [0.1, 0.15) is 10.8 Å². The summed E-state index contributed by atoms with van der Waals surface area (Å²) < 4.78 is 27.0. The van der Waals surface area contributed by atoms with Crippen molar-refractivity contribution in [1.29, 1.82) is 0 Å². The van der Waals surface area contributed by atoms with Crippen LogP contribution < -0.4 is 4.72 Å². The molecule has 7 nitrogen and oxygen atoms in total. The van der Waals surface area contributed by atoms with Crippen LogP contribution in [0.3, 0.4) is 0 Å². The number of thiophene rings is 1. The quantitative estimate of drug-likeness (QED) is 0.677. The number of aliphatic carboxylic acids is 1. The maximum absolute atomic E-state index is 12.3. The van der Waals surface area contributed by atoms with Crippen molar-refractivity contribution in [2.45, 2.75) is 24.0 Å². The van der Waals surface area contributed by atoms with E-state index in [1.165, 1.54) is 11.0 Å². The zero-order valence-electron chi connectivity index (χ0n) is 14.2. The van der Waals surface area contributed by atoms with Crippen molar-refractivity contribution in [2.24, 2.45) is 0 Å². The van der Waals surface area contributed by atoms with E-state index >= 15 is 0 Å². The lowest BCUT2D eigenvalue weighted by molar-refractivity contribution is -0.144. The third-order valence-corrected chi connectivity index (χ3v) is 6.27. The van der Waals surface area contributed by atoms with Crippen LogP contribution in [0.25, 0.3) is 0 Å². The Kier molecular flexibility index (Phi) is 6.76. The van der Waals surface area contributed by atoms with Crippen LogP contribution in [0.1, 0.15) is 18.9 Å². The molecule has 9 heteroatoms. The summed E-state index contributed by atoms with van der Waals surface area (Å²) in [6.07, 6.45) is 0.730. The number of carbonyl (C=O) groups excluding carboxylic acids is 1. The summed E-state index contributed by atoms with van der Waals surface area (Å²) in [6, 6.07) is 9.63. The highest BCUT2D eigenvalue weighted by atomic mass is 32.2. The molecule has 1 aromatic carbocycles. The number of amides is 1. The fourth-order valence-electron chi connectivity index (χ4n) is 2.32. The van der Waals surface area contributed by atoms with E-state index in [1.54, 1.807) is 35.7 Å². The molecule has 1 amide bonds. The molecule has 0 aliphatic heterocycles.